The molecule has 0 radical (unpaired) electrons. The van der Waals surface area contributed by atoms with Gasteiger partial charge in [-0.15, -0.1) is 0 Å². The third kappa shape index (κ3) is 3.81. The first-order valence-corrected chi connectivity index (χ1v) is 9.02. The first-order valence-electron chi connectivity index (χ1n) is 9.02. The predicted molar refractivity (Wildman–Crippen MR) is 99.0 cm³/mol. The highest BCUT2D eigenvalue weighted by Gasteiger charge is 2.37. The smallest absolute Gasteiger partial charge is 0.324 e. The molecule has 0 atom stereocenters. The number of amides is 5. The van der Waals surface area contributed by atoms with Gasteiger partial charge < -0.3 is 15.5 Å². The average molecular weight is 358 g/mol. The van der Waals surface area contributed by atoms with Crippen LogP contribution in [-0.4, -0.2) is 53.4 Å². The van der Waals surface area contributed by atoms with Crippen LogP contribution in [0.25, 0.3) is 0 Å². The van der Waals surface area contributed by atoms with Gasteiger partial charge in [0.25, 0.3) is 0 Å². The summed E-state index contributed by atoms with van der Waals surface area (Å²) >= 11 is 0. The Labute approximate surface area is 153 Å². The lowest BCUT2D eigenvalue weighted by atomic mass is 9.87. The molecule has 5 amide bonds. The number of hydrogen-bond donors (Lipinski definition) is 2. The van der Waals surface area contributed by atoms with Crippen LogP contribution in [0.1, 0.15) is 39.2 Å². The summed E-state index contributed by atoms with van der Waals surface area (Å²) in [5.41, 5.74) is 2.05. The Balaban J connectivity index is 1.54. The van der Waals surface area contributed by atoms with Crippen molar-refractivity contribution in [1.82, 2.24) is 15.1 Å². The molecule has 7 nitrogen and oxygen atoms in total. The molecule has 2 aliphatic heterocycles. The van der Waals surface area contributed by atoms with E-state index in [4.69, 9.17) is 0 Å². The van der Waals surface area contributed by atoms with Gasteiger partial charge in [0, 0.05) is 24.8 Å². The van der Waals surface area contributed by atoms with Gasteiger partial charge in [0.15, 0.2) is 0 Å². The van der Waals surface area contributed by atoms with Crippen molar-refractivity contribution >= 4 is 23.7 Å². The van der Waals surface area contributed by atoms with Crippen LogP contribution in [0.4, 0.5) is 15.3 Å². The number of likely N-dealkylation sites (tertiary alicyclic amines) is 1. The van der Waals surface area contributed by atoms with Crippen LogP contribution in [-0.2, 0) is 10.2 Å². The van der Waals surface area contributed by atoms with E-state index in [-0.39, 0.29) is 36.0 Å². The molecule has 2 heterocycles. The molecule has 2 aliphatic rings. The fourth-order valence-electron chi connectivity index (χ4n) is 3.39. The Hall–Kier alpha value is -2.57. The third-order valence-corrected chi connectivity index (χ3v) is 5.00. The summed E-state index contributed by atoms with van der Waals surface area (Å²) in [7, 11) is 0. The number of anilines is 1. The van der Waals surface area contributed by atoms with E-state index in [1.54, 1.807) is 4.90 Å². The third-order valence-electron chi connectivity index (χ3n) is 5.00. The van der Waals surface area contributed by atoms with Crippen LogP contribution in [0.2, 0.25) is 0 Å². The summed E-state index contributed by atoms with van der Waals surface area (Å²) in [5, 5.41) is 5.46. The number of carbonyl (C=O) groups excluding carboxylic acids is 3. The van der Waals surface area contributed by atoms with Crippen LogP contribution in [0.5, 0.6) is 0 Å². The summed E-state index contributed by atoms with van der Waals surface area (Å²) in [6, 6.07) is 7.29. The van der Waals surface area contributed by atoms with Gasteiger partial charge in [0.2, 0.25) is 5.91 Å². The van der Waals surface area contributed by atoms with Gasteiger partial charge in [-0.05, 0) is 36.0 Å². The minimum atomic E-state index is -0.322. The largest absolute Gasteiger partial charge is 0.329 e. The number of rotatable bonds is 2. The van der Waals surface area contributed by atoms with Crippen LogP contribution < -0.4 is 10.6 Å². The molecule has 1 aromatic carbocycles. The number of benzene rings is 1. The van der Waals surface area contributed by atoms with Gasteiger partial charge in [-0.25, -0.2) is 9.59 Å². The average Bonchev–Trinajstić information content (AvgIpc) is 2.93. The Morgan fingerprint density at radius 3 is 2.23 bits per heavy atom. The summed E-state index contributed by atoms with van der Waals surface area (Å²) in [6.45, 7) is 7.56. The van der Waals surface area contributed by atoms with Gasteiger partial charge in [0.05, 0.1) is 6.54 Å². The second kappa shape index (κ2) is 6.97. The lowest BCUT2D eigenvalue weighted by molar-refractivity contribution is -0.127. The van der Waals surface area contributed by atoms with Gasteiger partial charge >= 0.3 is 12.1 Å². The molecule has 0 saturated carbocycles. The van der Waals surface area contributed by atoms with Gasteiger partial charge in [-0.3, -0.25) is 9.69 Å². The van der Waals surface area contributed by atoms with Crippen LogP contribution >= 0.6 is 0 Å². The fraction of sp³-hybridized carbons (Fsp3) is 0.526. The maximum Gasteiger partial charge on any atom is 0.324 e. The van der Waals surface area contributed by atoms with Crippen molar-refractivity contribution in [3.8, 4) is 0 Å². The van der Waals surface area contributed by atoms with Crippen molar-refractivity contribution in [2.75, 3.05) is 25.0 Å². The summed E-state index contributed by atoms with van der Waals surface area (Å²) in [4.78, 5) is 39.0. The fourth-order valence-corrected chi connectivity index (χ4v) is 3.39. The van der Waals surface area contributed by atoms with E-state index >= 15 is 0 Å². The monoisotopic (exact) mass is 358 g/mol. The minimum Gasteiger partial charge on any atom is -0.329 e. The summed E-state index contributed by atoms with van der Waals surface area (Å²) in [5.74, 6) is -0.183. The molecule has 1 aromatic rings. The number of hydrogen-bond acceptors (Lipinski definition) is 3. The van der Waals surface area contributed by atoms with Crippen LogP contribution in [0, 0.1) is 0 Å². The molecule has 0 unspecified atom stereocenters. The highest BCUT2D eigenvalue weighted by molar-refractivity contribution is 6.02. The number of nitrogens with one attached hydrogen (secondary N) is 2. The quantitative estimate of drug-likeness (QED) is 0.797. The molecule has 2 N–H and O–H groups in total. The molecule has 7 heteroatoms. The molecular weight excluding hydrogens is 332 g/mol. The molecule has 3 rings (SSSR count). The van der Waals surface area contributed by atoms with Crippen molar-refractivity contribution in [3.63, 3.8) is 0 Å². The Morgan fingerprint density at radius 1 is 1.12 bits per heavy atom. The first kappa shape index (κ1) is 18.2. The Kier molecular flexibility index (Phi) is 4.89. The molecule has 0 aromatic heterocycles. The normalized spacial score (nSPS) is 18.9. The zero-order chi connectivity index (χ0) is 18.9. The van der Waals surface area contributed by atoms with Crippen molar-refractivity contribution in [1.29, 1.82) is 0 Å². The van der Waals surface area contributed by atoms with Gasteiger partial charge in [-0.2, -0.15) is 0 Å². The van der Waals surface area contributed by atoms with Crippen molar-refractivity contribution in [2.24, 2.45) is 0 Å². The van der Waals surface area contributed by atoms with E-state index in [0.29, 0.717) is 25.9 Å². The molecule has 0 bridgehead atoms. The number of urea groups is 2. The van der Waals surface area contributed by atoms with Crippen molar-refractivity contribution in [2.45, 2.75) is 45.1 Å². The molecular formula is C19H26N4O3. The lowest BCUT2D eigenvalue weighted by Crippen LogP contribution is -2.49. The second-order valence-electron chi connectivity index (χ2n) is 7.90. The molecule has 0 spiro atoms. The standard InChI is InChI=1S/C19H26N4O3/c1-19(2,3)13-4-6-14(7-5-13)21-18(26)22-10-8-15(9-11-22)23-16(24)12-20-17(23)25/h4-7,15H,8-12H2,1-3H3,(H,20,25)(H,21,26). The number of carbonyl (C=O) groups is 3. The number of imide groups is 1. The van der Waals surface area contributed by atoms with E-state index < -0.39 is 0 Å². The van der Waals surface area contributed by atoms with Gasteiger partial charge in [-0.1, -0.05) is 32.9 Å². The maximum absolute atomic E-state index is 12.5. The van der Waals surface area contributed by atoms with E-state index in [1.165, 1.54) is 10.5 Å². The van der Waals surface area contributed by atoms with Gasteiger partial charge in [0.1, 0.15) is 0 Å². The summed E-state index contributed by atoms with van der Waals surface area (Å²) < 4.78 is 0. The van der Waals surface area contributed by atoms with E-state index in [0.717, 1.165) is 5.69 Å². The van der Waals surface area contributed by atoms with E-state index in [2.05, 4.69) is 31.4 Å². The Bertz CT molecular complexity index is 684. The Morgan fingerprint density at radius 2 is 1.73 bits per heavy atom. The molecule has 140 valence electrons. The summed E-state index contributed by atoms with van der Waals surface area (Å²) in [6.07, 6.45) is 1.21. The topological polar surface area (TPSA) is 81.8 Å². The van der Waals surface area contributed by atoms with Crippen molar-refractivity contribution < 1.29 is 14.4 Å². The SMILES string of the molecule is CC(C)(C)c1ccc(NC(=O)N2CCC(N3C(=O)CNC3=O)CC2)cc1. The molecule has 26 heavy (non-hydrogen) atoms. The predicted octanol–water partition coefficient (Wildman–Crippen LogP) is 2.53. The zero-order valence-electron chi connectivity index (χ0n) is 15.5. The van der Waals surface area contributed by atoms with Crippen molar-refractivity contribution in [3.05, 3.63) is 29.8 Å². The van der Waals surface area contributed by atoms with Crippen LogP contribution in [0.3, 0.4) is 0 Å². The minimum absolute atomic E-state index is 0.0731. The molecule has 0 aliphatic carbocycles. The van der Waals surface area contributed by atoms with E-state index in [9.17, 15) is 14.4 Å². The number of nitrogens with zero attached hydrogens (tertiary/aromatic N) is 2. The van der Waals surface area contributed by atoms with Crippen LogP contribution in [0.15, 0.2) is 24.3 Å². The van der Waals surface area contributed by atoms with E-state index in [1.807, 2.05) is 24.3 Å². The highest BCUT2D eigenvalue weighted by atomic mass is 16.2. The first-order chi connectivity index (χ1) is 12.3. The maximum atomic E-state index is 12.5. The number of piperidine rings is 1. The lowest BCUT2D eigenvalue weighted by Gasteiger charge is -2.35. The zero-order valence-corrected chi connectivity index (χ0v) is 15.5. The highest BCUT2D eigenvalue weighted by Crippen LogP contribution is 2.24. The molecule has 2 saturated heterocycles. The second-order valence-corrected chi connectivity index (χ2v) is 7.90. The molecule has 2 fully saturated rings.